The fraction of sp³-hybridized carbons (Fsp3) is 0. The largest absolute Gasteiger partial charge is 0.507 e. The van der Waals surface area contributed by atoms with Crippen LogP contribution in [0.2, 0.25) is 5.02 Å². The highest BCUT2D eigenvalue weighted by Gasteiger charge is 2.11. The average Bonchev–Trinajstić information content (AvgIpc) is 2.51. The fourth-order valence-electron chi connectivity index (χ4n) is 1.65. The Hall–Kier alpha value is -2.45. The number of carbonyl (C=O) groups is 1. The highest BCUT2D eigenvalue weighted by molar-refractivity contribution is 9.10. The Bertz CT molecular complexity index is 811. The minimum absolute atomic E-state index is 0.0293. The number of hydrazone groups is 1. The summed E-state index contributed by atoms with van der Waals surface area (Å²) < 4.78 is 0.617. The van der Waals surface area contributed by atoms with Crippen molar-refractivity contribution in [1.82, 2.24) is 5.43 Å². The summed E-state index contributed by atoms with van der Waals surface area (Å²) >= 11 is 9.10. The number of nitro benzene ring substituents is 1. The molecule has 0 bridgehead atoms. The molecular weight excluding hydrogens is 390 g/mol. The Morgan fingerprint density at radius 1 is 1.35 bits per heavy atom. The van der Waals surface area contributed by atoms with E-state index in [0.29, 0.717) is 4.47 Å². The molecule has 0 aromatic heterocycles. The SMILES string of the molecule is O=C(N/N=C/c1cc([N+](=O)[O-])ccc1Cl)c1cc(Br)ccc1O. The van der Waals surface area contributed by atoms with Gasteiger partial charge in [-0.15, -0.1) is 0 Å². The maximum absolute atomic E-state index is 11.9. The number of phenolic OH excluding ortho intramolecular Hbond substituents is 1. The molecule has 2 aromatic carbocycles. The van der Waals surface area contributed by atoms with E-state index in [1.54, 1.807) is 6.07 Å². The lowest BCUT2D eigenvalue weighted by atomic mass is 10.2. The predicted molar refractivity (Wildman–Crippen MR) is 89.0 cm³/mol. The molecule has 118 valence electrons. The summed E-state index contributed by atoms with van der Waals surface area (Å²) in [4.78, 5) is 22.1. The molecule has 0 saturated carbocycles. The average molecular weight is 399 g/mol. The molecule has 0 aliphatic carbocycles. The molecule has 0 aliphatic heterocycles. The topological polar surface area (TPSA) is 105 Å². The first kappa shape index (κ1) is 16.9. The normalized spacial score (nSPS) is 10.7. The van der Waals surface area contributed by atoms with E-state index >= 15 is 0 Å². The molecule has 1 amide bonds. The summed E-state index contributed by atoms with van der Waals surface area (Å²) in [6.45, 7) is 0. The maximum atomic E-state index is 11.9. The molecule has 9 heteroatoms. The number of hydrogen-bond donors (Lipinski definition) is 2. The second-order valence-corrected chi connectivity index (χ2v) is 5.65. The van der Waals surface area contributed by atoms with Crippen LogP contribution in [0.5, 0.6) is 5.75 Å². The first-order valence-electron chi connectivity index (χ1n) is 6.14. The molecular formula is C14H9BrClN3O4. The van der Waals surface area contributed by atoms with Gasteiger partial charge in [0.15, 0.2) is 0 Å². The summed E-state index contributed by atoms with van der Waals surface area (Å²) in [6.07, 6.45) is 1.18. The van der Waals surface area contributed by atoms with Crippen molar-refractivity contribution in [2.45, 2.75) is 0 Å². The van der Waals surface area contributed by atoms with Crippen LogP contribution in [0.4, 0.5) is 5.69 Å². The van der Waals surface area contributed by atoms with Crippen LogP contribution in [0.1, 0.15) is 15.9 Å². The molecule has 0 unspecified atom stereocenters. The molecule has 2 rings (SSSR count). The van der Waals surface area contributed by atoms with Gasteiger partial charge in [0.25, 0.3) is 11.6 Å². The van der Waals surface area contributed by atoms with Gasteiger partial charge in [0.05, 0.1) is 16.7 Å². The van der Waals surface area contributed by atoms with Gasteiger partial charge < -0.3 is 5.11 Å². The van der Waals surface area contributed by atoms with Gasteiger partial charge in [0, 0.05) is 27.2 Å². The number of aromatic hydroxyl groups is 1. The number of phenols is 1. The van der Waals surface area contributed by atoms with E-state index in [-0.39, 0.29) is 27.6 Å². The van der Waals surface area contributed by atoms with Crippen molar-refractivity contribution in [3.8, 4) is 5.75 Å². The number of non-ortho nitro benzene ring substituents is 1. The van der Waals surface area contributed by atoms with Crippen LogP contribution in [0.25, 0.3) is 0 Å². The maximum Gasteiger partial charge on any atom is 0.275 e. The summed E-state index contributed by atoms with van der Waals surface area (Å²) in [6, 6.07) is 8.23. The standard InChI is InChI=1S/C14H9BrClN3O4/c15-9-1-4-13(20)11(6-9)14(21)18-17-7-8-5-10(19(22)23)2-3-12(8)16/h1-7,20H,(H,18,21)/b17-7+. The zero-order valence-corrected chi connectivity index (χ0v) is 13.7. The van der Waals surface area contributed by atoms with Crippen LogP contribution in [-0.4, -0.2) is 22.2 Å². The third-order valence-corrected chi connectivity index (χ3v) is 3.60. The Morgan fingerprint density at radius 2 is 2.09 bits per heavy atom. The van der Waals surface area contributed by atoms with Crippen molar-refractivity contribution in [2.75, 3.05) is 0 Å². The van der Waals surface area contributed by atoms with E-state index < -0.39 is 10.8 Å². The number of benzene rings is 2. The lowest BCUT2D eigenvalue weighted by molar-refractivity contribution is -0.384. The van der Waals surface area contributed by atoms with Crippen LogP contribution in [-0.2, 0) is 0 Å². The minimum atomic E-state index is -0.637. The number of halogens is 2. The van der Waals surface area contributed by atoms with E-state index in [1.165, 1.54) is 36.5 Å². The van der Waals surface area contributed by atoms with Crippen molar-refractivity contribution in [3.05, 3.63) is 67.1 Å². The van der Waals surface area contributed by atoms with Crippen LogP contribution in [0, 0.1) is 10.1 Å². The number of hydrogen-bond acceptors (Lipinski definition) is 5. The molecule has 7 nitrogen and oxygen atoms in total. The van der Waals surface area contributed by atoms with Crippen LogP contribution in [0.3, 0.4) is 0 Å². The summed E-state index contributed by atoms with van der Waals surface area (Å²) in [7, 11) is 0. The van der Waals surface area contributed by atoms with Gasteiger partial charge in [-0.05, 0) is 24.3 Å². The highest BCUT2D eigenvalue weighted by Crippen LogP contribution is 2.22. The van der Waals surface area contributed by atoms with Gasteiger partial charge in [-0.3, -0.25) is 14.9 Å². The van der Waals surface area contributed by atoms with Crippen LogP contribution >= 0.6 is 27.5 Å². The molecule has 0 fully saturated rings. The number of rotatable bonds is 4. The van der Waals surface area contributed by atoms with Gasteiger partial charge in [-0.2, -0.15) is 5.10 Å². The quantitative estimate of drug-likeness (QED) is 0.467. The van der Waals surface area contributed by atoms with Gasteiger partial charge in [0.2, 0.25) is 0 Å². The monoisotopic (exact) mass is 397 g/mol. The second kappa shape index (κ2) is 7.21. The van der Waals surface area contributed by atoms with Gasteiger partial charge in [-0.25, -0.2) is 5.43 Å². The lowest BCUT2D eigenvalue weighted by Crippen LogP contribution is -2.17. The summed E-state index contributed by atoms with van der Waals surface area (Å²) in [5.74, 6) is -0.837. The Labute approximate surface area is 143 Å². The first-order valence-corrected chi connectivity index (χ1v) is 7.31. The van der Waals surface area contributed by atoms with Gasteiger partial charge in [0.1, 0.15) is 5.75 Å². The van der Waals surface area contributed by atoms with Gasteiger partial charge in [-0.1, -0.05) is 27.5 Å². The number of amides is 1. The lowest BCUT2D eigenvalue weighted by Gasteiger charge is -2.03. The van der Waals surface area contributed by atoms with Crippen molar-refractivity contribution in [2.24, 2.45) is 5.10 Å². The molecule has 0 radical (unpaired) electrons. The van der Waals surface area contributed by atoms with Gasteiger partial charge >= 0.3 is 0 Å². The van der Waals surface area contributed by atoms with E-state index in [9.17, 15) is 20.0 Å². The molecule has 23 heavy (non-hydrogen) atoms. The zero-order chi connectivity index (χ0) is 17.0. The van der Waals surface area contributed by atoms with Crippen LogP contribution in [0.15, 0.2) is 46.0 Å². The van der Waals surface area contributed by atoms with E-state index in [0.717, 1.165) is 0 Å². The molecule has 2 aromatic rings. The summed E-state index contributed by atoms with van der Waals surface area (Å²) in [5.41, 5.74) is 2.37. The van der Waals surface area contributed by atoms with Crippen LogP contribution < -0.4 is 5.43 Å². The minimum Gasteiger partial charge on any atom is -0.507 e. The first-order chi connectivity index (χ1) is 10.9. The third kappa shape index (κ3) is 4.27. The number of nitrogens with one attached hydrogen (secondary N) is 1. The molecule has 0 aliphatic rings. The smallest absolute Gasteiger partial charge is 0.275 e. The Morgan fingerprint density at radius 3 is 2.78 bits per heavy atom. The van der Waals surface area contributed by atoms with Crippen molar-refractivity contribution < 1.29 is 14.8 Å². The van der Waals surface area contributed by atoms with Crippen molar-refractivity contribution in [3.63, 3.8) is 0 Å². The van der Waals surface area contributed by atoms with Crippen molar-refractivity contribution >= 4 is 45.3 Å². The zero-order valence-electron chi connectivity index (χ0n) is 11.4. The molecule has 0 spiro atoms. The number of carbonyl (C=O) groups excluding carboxylic acids is 1. The molecule has 2 N–H and O–H groups in total. The van der Waals surface area contributed by atoms with Crippen molar-refractivity contribution in [1.29, 1.82) is 0 Å². The second-order valence-electron chi connectivity index (χ2n) is 4.32. The molecule has 0 heterocycles. The molecule has 0 atom stereocenters. The predicted octanol–water partition coefficient (Wildman–Crippen LogP) is 3.48. The van der Waals surface area contributed by atoms with E-state index in [4.69, 9.17) is 11.6 Å². The van der Waals surface area contributed by atoms with E-state index in [2.05, 4.69) is 26.5 Å². The molecule has 0 saturated heterocycles. The summed E-state index contributed by atoms with van der Waals surface area (Å²) in [5, 5.41) is 24.3. The highest BCUT2D eigenvalue weighted by atomic mass is 79.9. The Balaban J connectivity index is 2.15. The third-order valence-electron chi connectivity index (χ3n) is 2.76. The van der Waals surface area contributed by atoms with E-state index in [1.807, 2.05) is 0 Å². The fourth-order valence-corrected chi connectivity index (χ4v) is 2.18. The number of nitro groups is 1. The Kier molecular flexibility index (Phi) is 5.30. The number of nitrogens with zero attached hydrogens (tertiary/aromatic N) is 2.